The fourth-order valence-electron chi connectivity index (χ4n) is 2.82. The molecule has 2 aromatic carbocycles. The fraction of sp³-hybridized carbons (Fsp3) is 0.211. The molecule has 1 aliphatic heterocycles. The van der Waals surface area contributed by atoms with Gasteiger partial charge in [-0.3, -0.25) is 4.79 Å². The van der Waals surface area contributed by atoms with Crippen LogP contribution in [0.3, 0.4) is 0 Å². The SMILES string of the molecule is COc1ccccc1C(=O)Nc1ccc(C2=CCNCC2)cc1N=O. The molecule has 6 heteroatoms. The van der Waals surface area contributed by atoms with Gasteiger partial charge >= 0.3 is 0 Å². The largest absolute Gasteiger partial charge is 0.496 e. The van der Waals surface area contributed by atoms with E-state index in [1.54, 1.807) is 36.4 Å². The number of hydrogen-bond donors (Lipinski definition) is 2. The lowest BCUT2D eigenvalue weighted by molar-refractivity contribution is 0.102. The number of nitroso groups, excluding NO2 is 1. The van der Waals surface area contributed by atoms with Gasteiger partial charge in [-0.1, -0.05) is 24.3 Å². The van der Waals surface area contributed by atoms with E-state index in [0.29, 0.717) is 17.0 Å². The minimum absolute atomic E-state index is 0.209. The molecule has 0 spiro atoms. The molecule has 2 aromatic rings. The van der Waals surface area contributed by atoms with Crippen molar-refractivity contribution in [2.24, 2.45) is 5.18 Å². The van der Waals surface area contributed by atoms with E-state index < -0.39 is 0 Å². The van der Waals surface area contributed by atoms with Crippen molar-refractivity contribution in [1.82, 2.24) is 5.32 Å². The van der Waals surface area contributed by atoms with Crippen LogP contribution in [0.25, 0.3) is 5.57 Å². The molecule has 0 saturated carbocycles. The summed E-state index contributed by atoms with van der Waals surface area (Å²) in [4.78, 5) is 23.7. The first kappa shape index (κ1) is 16.9. The summed E-state index contributed by atoms with van der Waals surface area (Å²) in [5.41, 5.74) is 3.11. The van der Waals surface area contributed by atoms with E-state index in [4.69, 9.17) is 4.74 Å². The van der Waals surface area contributed by atoms with E-state index in [1.165, 1.54) is 12.7 Å². The molecule has 0 bridgehead atoms. The van der Waals surface area contributed by atoms with E-state index in [-0.39, 0.29) is 11.6 Å². The molecule has 1 heterocycles. The molecule has 1 amide bonds. The first-order valence-corrected chi connectivity index (χ1v) is 8.05. The number of nitrogens with one attached hydrogen (secondary N) is 2. The Labute approximate surface area is 145 Å². The van der Waals surface area contributed by atoms with Crippen molar-refractivity contribution in [3.63, 3.8) is 0 Å². The highest BCUT2D eigenvalue weighted by Gasteiger charge is 2.15. The normalized spacial score (nSPS) is 13.7. The average Bonchev–Trinajstić information content (AvgIpc) is 2.68. The zero-order valence-corrected chi connectivity index (χ0v) is 13.9. The van der Waals surface area contributed by atoms with Gasteiger partial charge in [0.15, 0.2) is 0 Å². The number of carbonyl (C=O) groups excluding carboxylic acids is 1. The van der Waals surface area contributed by atoms with Crippen molar-refractivity contribution in [1.29, 1.82) is 0 Å². The molecular weight excluding hydrogens is 318 g/mol. The number of rotatable bonds is 5. The molecule has 0 aromatic heterocycles. The lowest BCUT2D eigenvalue weighted by Crippen LogP contribution is -2.20. The third kappa shape index (κ3) is 3.75. The molecule has 0 atom stereocenters. The van der Waals surface area contributed by atoms with Gasteiger partial charge < -0.3 is 15.4 Å². The van der Waals surface area contributed by atoms with Crippen LogP contribution >= 0.6 is 0 Å². The number of carbonyl (C=O) groups is 1. The number of methoxy groups -OCH3 is 1. The van der Waals surface area contributed by atoms with Gasteiger partial charge in [0.05, 0.1) is 18.4 Å². The molecule has 0 fully saturated rings. The Balaban J connectivity index is 1.86. The molecule has 0 saturated heterocycles. The Morgan fingerprint density at radius 3 is 2.80 bits per heavy atom. The maximum absolute atomic E-state index is 12.5. The maximum atomic E-state index is 12.5. The number of amides is 1. The summed E-state index contributed by atoms with van der Waals surface area (Å²) in [7, 11) is 1.51. The monoisotopic (exact) mass is 337 g/mol. The first-order valence-electron chi connectivity index (χ1n) is 8.05. The fourth-order valence-corrected chi connectivity index (χ4v) is 2.82. The molecule has 128 valence electrons. The van der Waals surface area contributed by atoms with E-state index in [0.717, 1.165) is 25.1 Å². The highest BCUT2D eigenvalue weighted by molar-refractivity contribution is 6.07. The quantitative estimate of drug-likeness (QED) is 0.815. The smallest absolute Gasteiger partial charge is 0.259 e. The van der Waals surface area contributed by atoms with Gasteiger partial charge in [0, 0.05) is 6.54 Å². The standard InChI is InChI=1S/C19H19N3O3/c1-25-18-5-3-2-4-15(18)19(23)21-16-7-6-14(12-17(16)22-24)13-8-10-20-11-9-13/h2-8,12,20H,9-11H2,1H3,(H,21,23). The van der Waals surface area contributed by atoms with E-state index in [2.05, 4.69) is 21.9 Å². The second-order valence-electron chi connectivity index (χ2n) is 5.66. The van der Waals surface area contributed by atoms with Gasteiger partial charge in [-0.25, -0.2) is 0 Å². The van der Waals surface area contributed by atoms with Crippen molar-refractivity contribution >= 4 is 22.9 Å². The van der Waals surface area contributed by atoms with Crippen molar-refractivity contribution in [2.45, 2.75) is 6.42 Å². The van der Waals surface area contributed by atoms with Crippen molar-refractivity contribution in [3.05, 3.63) is 64.6 Å². The van der Waals surface area contributed by atoms with Crippen LogP contribution in [-0.2, 0) is 0 Å². The number of para-hydroxylation sites is 1. The van der Waals surface area contributed by atoms with E-state index >= 15 is 0 Å². The minimum Gasteiger partial charge on any atom is -0.496 e. The lowest BCUT2D eigenvalue weighted by atomic mass is 9.99. The van der Waals surface area contributed by atoms with Crippen LogP contribution in [-0.4, -0.2) is 26.1 Å². The van der Waals surface area contributed by atoms with Gasteiger partial charge in [0.1, 0.15) is 11.4 Å². The van der Waals surface area contributed by atoms with Crippen LogP contribution in [0, 0.1) is 4.91 Å². The number of nitrogens with zero attached hydrogens (tertiary/aromatic N) is 1. The number of ether oxygens (including phenoxy) is 1. The summed E-state index contributed by atoms with van der Waals surface area (Å²) in [6.45, 7) is 1.72. The van der Waals surface area contributed by atoms with Crippen LogP contribution in [0.1, 0.15) is 22.3 Å². The third-order valence-corrected chi connectivity index (χ3v) is 4.13. The van der Waals surface area contributed by atoms with Crippen LogP contribution < -0.4 is 15.4 Å². The molecule has 0 aliphatic carbocycles. The van der Waals surface area contributed by atoms with Crippen molar-refractivity contribution in [2.75, 3.05) is 25.5 Å². The van der Waals surface area contributed by atoms with Crippen LogP contribution in [0.15, 0.2) is 53.7 Å². The summed E-state index contributed by atoms with van der Waals surface area (Å²) >= 11 is 0. The first-order chi connectivity index (χ1) is 12.2. The van der Waals surface area contributed by atoms with Crippen LogP contribution in [0.4, 0.5) is 11.4 Å². The third-order valence-electron chi connectivity index (χ3n) is 4.13. The number of benzene rings is 2. The molecule has 2 N–H and O–H groups in total. The van der Waals surface area contributed by atoms with Crippen molar-refractivity contribution in [3.8, 4) is 5.75 Å². The Hall–Kier alpha value is -2.99. The second kappa shape index (κ2) is 7.72. The van der Waals surface area contributed by atoms with Gasteiger partial charge in [0.2, 0.25) is 0 Å². The molecule has 25 heavy (non-hydrogen) atoms. The summed E-state index contributed by atoms with van der Waals surface area (Å²) in [5, 5.41) is 9.06. The highest BCUT2D eigenvalue weighted by Crippen LogP contribution is 2.31. The summed E-state index contributed by atoms with van der Waals surface area (Å²) < 4.78 is 5.20. The molecule has 0 unspecified atom stereocenters. The summed E-state index contributed by atoms with van der Waals surface area (Å²) in [5.74, 6) is 0.119. The molecule has 1 aliphatic rings. The Bertz CT molecular complexity index is 830. The molecular formula is C19H19N3O3. The van der Waals surface area contributed by atoms with Crippen LogP contribution in [0.2, 0.25) is 0 Å². The van der Waals surface area contributed by atoms with Gasteiger partial charge in [-0.15, -0.1) is 4.91 Å². The second-order valence-corrected chi connectivity index (χ2v) is 5.66. The Morgan fingerprint density at radius 1 is 1.24 bits per heavy atom. The van der Waals surface area contributed by atoms with E-state index in [9.17, 15) is 9.70 Å². The number of anilines is 1. The minimum atomic E-state index is -0.351. The summed E-state index contributed by atoms with van der Waals surface area (Å²) in [6, 6.07) is 12.2. The van der Waals surface area contributed by atoms with E-state index in [1.807, 2.05) is 6.07 Å². The molecule has 3 rings (SSSR count). The maximum Gasteiger partial charge on any atom is 0.259 e. The Morgan fingerprint density at radius 2 is 2.08 bits per heavy atom. The van der Waals surface area contributed by atoms with Gasteiger partial charge in [-0.2, -0.15) is 0 Å². The Kier molecular flexibility index (Phi) is 5.20. The van der Waals surface area contributed by atoms with Crippen molar-refractivity contribution < 1.29 is 9.53 Å². The zero-order valence-electron chi connectivity index (χ0n) is 13.9. The topological polar surface area (TPSA) is 79.8 Å². The molecule has 0 radical (unpaired) electrons. The molecule has 6 nitrogen and oxygen atoms in total. The summed E-state index contributed by atoms with van der Waals surface area (Å²) in [6.07, 6.45) is 2.99. The average molecular weight is 337 g/mol. The zero-order chi connectivity index (χ0) is 17.6. The van der Waals surface area contributed by atoms with Gasteiger partial charge in [-0.05, 0) is 53.5 Å². The van der Waals surface area contributed by atoms with Crippen LogP contribution in [0.5, 0.6) is 5.75 Å². The predicted molar refractivity (Wildman–Crippen MR) is 98.3 cm³/mol. The predicted octanol–water partition coefficient (Wildman–Crippen LogP) is 3.72. The highest BCUT2D eigenvalue weighted by atomic mass is 16.5. The lowest BCUT2D eigenvalue weighted by Gasteiger charge is -2.15. The van der Waals surface area contributed by atoms with Gasteiger partial charge in [0.25, 0.3) is 5.91 Å². The number of hydrogen-bond acceptors (Lipinski definition) is 5.